The quantitative estimate of drug-likeness (QED) is 0.484. The number of nitrogens with one attached hydrogen (secondary N) is 2. The molecule has 0 spiro atoms. The molecule has 0 bridgehead atoms. The minimum absolute atomic E-state index is 0.0454. The lowest BCUT2D eigenvalue weighted by molar-refractivity contribution is -0.133. The first-order chi connectivity index (χ1) is 15.4. The van der Waals surface area contributed by atoms with Gasteiger partial charge in [-0.15, -0.1) is 23.5 Å². The Hall–Kier alpha value is -2.17. The fraction of sp³-hybridized carbons (Fsp3) is 0.364. The van der Waals surface area contributed by atoms with E-state index in [-0.39, 0.29) is 10.8 Å². The van der Waals surface area contributed by atoms with Crippen molar-refractivity contribution in [3.8, 4) is 0 Å². The van der Waals surface area contributed by atoms with Gasteiger partial charge in [-0.3, -0.25) is 14.3 Å². The van der Waals surface area contributed by atoms with E-state index in [0.29, 0.717) is 29.4 Å². The molecule has 2 aliphatic rings. The molecule has 2 aromatic rings. The highest BCUT2D eigenvalue weighted by Crippen LogP contribution is 2.38. The van der Waals surface area contributed by atoms with Gasteiger partial charge in [-0.2, -0.15) is 0 Å². The van der Waals surface area contributed by atoms with Crippen molar-refractivity contribution in [2.24, 2.45) is 0 Å². The number of anilines is 2. The van der Waals surface area contributed by atoms with Gasteiger partial charge in [0, 0.05) is 28.6 Å². The second-order valence-corrected chi connectivity index (χ2v) is 11.4. The lowest BCUT2D eigenvalue weighted by atomic mass is 10.2. The predicted molar refractivity (Wildman–Crippen MR) is 129 cm³/mol. The molecule has 1 fully saturated rings. The van der Waals surface area contributed by atoms with Crippen LogP contribution in [-0.4, -0.2) is 49.7 Å². The molecule has 0 radical (unpaired) electrons. The smallest absolute Gasteiger partial charge is 0.261 e. The van der Waals surface area contributed by atoms with E-state index in [1.165, 1.54) is 35.7 Å². The molecular weight excluding hydrogens is 466 g/mol. The Morgan fingerprint density at radius 2 is 1.88 bits per heavy atom. The molecule has 32 heavy (non-hydrogen) atoms. The number of fused-ring (bicyclic) bond motifs is 1. The van der Waals surface area contributed by atoms with Crippen LogP contribution in [0.15, 0.2) is 57.2 Å². The molecule has 0 saturated carbocycles. The summed E-state index contributed by atoms with van der Waals surface area (Å²) in [5.74, 6) is -0.584. The molecule has 1 saturated heterocycles. The van der Waals surface area contributed by atoms with E-state index in [2.05, 4.69) is 10.0 Å². The van der Waals surface area contributed by atoms with Crippen LogP contribution in [0.4, 0.5) is 11.4 Å². The topological polar surface area (TPSA) is 95.6 Å². The number of rotatable bonds is 5. The van der Waals surface area contributed by atoms with Crippen LogP contribution >= 0.6 is 23.5 Å². The van der Waals surface area contributed by atoms with Crippen molar-refractivity contribution < 1.29 is 18.0 Å². The first-order valence-corrected chi connectivity index (χ1v) is 14.0. The Balaban J connectivity index is 1.52. The number of benzene rings is 2. The lowest BCUT2D eigenvalue weighted by Crippen LogP contribution is -2.45. The fourth-order valence-electron chi connectivity index (χ4n) is 3.78. The monoisotopic (exact) mass is 491 g/mol. The SMILES string of the molecule is CSc1cccc(NS(=O)(=O)c2ccc3c(c2)NC(=O)[C@H](C(=O)N2CCCCCC2)S3)c1. The van der Waals surface area contributed by atoms with Gasteiger partial charge in [-0.05, 0) is 55.5 Å². The first kappa shape index (κ1) is 23.0. The van der Waals surface area contributed by atoms with Crippen molar-refractivity contribution in [1.29, 1.82) is 0 Å². The van der Waals surface area contributed by atoms with E-state index in [1.807, 2.05) is 12.3 Å². The van der Waals surface area contributed by atoms with E-state index < -0.39 is 21.2 Å². The second-order valence-electron chi connectivity index (χ2n) is 7.72. The predicted octanol–water partition coefficient (Wildman–Crippen LogP) is 4.02. The summed E-state index contributed by atoms with van der Waals surface area (Å²) in [5, 5.41) is 1.89. The summed E-state index contributed by atoms with van der Waals surface area (Å²) in [6.07, 6.45) is 6.03. The summed E-state index contributed by atoms with van der Waals surface area (Å²) in [7, 11) is -3.84. The Labute approximate surface area is 196 Å². The minimum atomic E-state index is -3.84. The second kappa shape index (κ2) is 9.76. The zero-order valence-corrected chi connectivity index (χ0v) is 20.1. The molecule has 7 nitrogen and oxygen atoms in total. The van der Waals surface area contributed by atoms with Crippen molar-refractivity contribution in [2.75, 3.05) is 29.4 Å². The summed E-state index contributed by atoms with van der Waals surface area (Å²) < 4.78 is 28.3. The Kier molecular flexibility index (Phi) is 7.02. The summed E-state index contributed by atoms with van der Waals surface area (Å²) >= 11 is 2.70. The zero-order valence-electron chi connectivity index (χ0n) is 17.7. The normalized spacial score (nSPS) is 19.0. The number of hydrogen-bond donors (Lipinski definition) is 2. The van der Waals surface area contributed by atoms with Gasteiger partial charge < -0.3 is 10.2 Å². The highest BCUT2D eigenvalue weighted by atomic mass is 32.2. The summed E-state index contributed by atoms with van der Waals surface area (Å²) in [5.41, 5.74) is 0.872. The molecule has 0 aliphatic carbocycles. The summed E-state index contributed by atoms with van der Waals surface area (Å²) in [6, 6.07) is 11.7. The molecule has 170 valence electrons. The van der Waals surface area contributed by atoms with Gasteiger partial charge in [0.05, 0.1) is 10.6 Å². The van der Waals surface area contributed by atoms with E-state index in [0.717, 1.165) is 30.6 Å². The number of carbonyl (C=O) groups is 2. The fourth-order valence-corrected chi connectivity index (χ4v) is 6.36. The molecule has 0 unspecified atom stereocenters. The van der Waals surface area contributed by atoms with Crippen molar-refractivity contribution in [3.63, 3.8) is 0 Å². The van der Waals surface area contributed by atoms with Crippen LogP contribution in [0.3, 0.4) is 0 Å². The third kappa shape index (κ3) is 5.07. The highest BCUT2D eigenvalue weighted by molar-refractivity contribution is 8.01. The number of sulfonamides is 1. The maximum Gasteiger partial charge on any atom is 0.261 e. The van der Waals surface area contributed by atoms with Crippen LogP contribution in [0.25, 0.3) is 0 Å². The molecular formula is C22H25N3O4S3. The average Bonchev–Trinajstić information content (AvgIpc) is 3.07. The molecule has 2 heterocycles. The van der Waals surface area contributed by atoms with E-state index in [1.54, 1.807) is 29.2 Å². The van der Waals surface area contributed by atoms with Crippen molar-refractivity contribution in [1.82, 2.24) is 4.90 Å². The van der Waals surface area contributed by atoms with Crippen LogP contribution in [0.2, 0.25) is 0 Å². The van der Waals surface area contributed by atoms with Crippen molar-refractivity contribution >= 4 is 56.7 Å². The van der Waals surface area contributed by atoms with Gasteiger partial charge in [0.25, 0.3) is 10.0 Å². The molecule has 4 rings (SSSR count). The van der Waals surface area contributed by atoms with Crippen molar-refractivity contribution in [3.05, 3.63) is 42.5 Å². The number of hydrogen-bond acceptors (Lipinski definition) is 6. The van der Waals surface area contributed by atoms with E-state index in [9.17, 15) is 18.0 Å². The van der Waals surface area contributed by atoms with Gasteiger partial charge in [0.2, 0.25) is 11.8 Å². The van der Waals surface area contributed by atoms with Gasteiger partial charge in [0.1, 0.15) is 0 Å². The maximum absolute atomic E-state index is 12.9. The number of carbonyl (C=O) groups excluding carboxylic acids is 2. The number of nitrogens with zero attached hydrogens (tertiary/aromatic N) is 1. The molecule has 1 atom stereocenters. The van der Waals surface area contributed by atoms with Gasteiger partial charge in [-0.1, -0.05) is 18.9 Å². The standard InChI is InChI=1S/C22H25N3O4S3/c1-30-16-8-6-7-15(13-16)24-32(28,29)17-9-10-19-18(14-17)23-21(26)20(31-19)22(27)25-11-4-2-3-5-12-25/h6-10,13-14,20,24H,2-5,11-12H2,1H3,(H,23,26)/t20-/m1/s1. The summed E-state index contributed by atoms with van der Waals surface area (Å²) in [4.78, 5) is 29.1. The zero-order chi connectivity index (χ0) is 22.7. The third-order valence-electron chi connectivity index (χ3n) is 5.47. The van der Waals surface area contributed by atoms with Crippen LogP contribution in [0.1, 0.15) is 25.7 Å². The number of thioether (sulfide) groups is 2. The molecule has 2 amide bonds. The summed E-state index contributed by atoms with van der Waals surface area (Å²) in [6.45, 7) is 1.35. The largest absolute Gasteiger partial charge is 0.341 e. The molecule has 2 aliphatic heterocycles. The molecule has 2 aromatic carbocycles. The Morgan fingerprint density at radius 1 is 1.12 bits per heavy atom. The number of amides is 2. The number of likely N-dealkylation sites (tertiary alicyclic amines) is 1. The minimum Gasteiger partial charge on any atom is -0.341 e. The molecule has 10 heteroatoms. The Morgan fingerprint density at radius 3 is 2.59 bits per heavy atom. The van der Waals surface area contributed by atoms with Crippen LogP contribution in [0, 0.1) is 0 Å². The van der Waals surface area contributed by atoms with Crippen LogP contribution in [-0.2, 0) is 19.6 Å². The van der Waals surface area contributed by atoms with Crippen molar-refractivity contribution in [2.45, 2.75) is 45.6 Å². The average molecular weight is 492 g/mol. The molecule has 0 aromatic heterocycles. The van der Waals surface area contributed by atoms with Gasteiger partial charge in [-0.25, -0.2) is 8.42 Å². The van der Waals surface area contributed by atoms with Crippen LogP contribution < -0.4 is 10.0 Å². The molecule has 2 N–H and O–H groups in total. The third-order valence-corrected chi connectivity index (χ3v) is 8.83. The van der Waals surface area contributed by atoms with E-state index in [4.69, 9.17) is 0 Å². The first-order valence-electron chi connectivity index (χ1n) is 10.4. The van der Waals surface area contributed by atoms with Gasteiger partial charge >= 0.3 is 0 Å². The Bertz CT molecular complexity index is 1130. The highest BCUT2D eigenvalue weighted by Gasteiger charge is 2.36. The lowest BCUT2D eigenvalue weighted by Gasteiger charge is -2.28. The maximum atomic E-state index is 12.9. The van der Waals surface area contributed by atoms with E-state index >= 15 is 0 Å². The van der Waals surface area contributed by atoms with Crippen LogP contribution in [0.5, 0.6) is 0 Å². The van der Waals surface area contributed by atoms with Gasteiger partial charge in [0.15, 0.2) is 5.25 Å².